The molecule has 24 heavy (non-hydrogen) atoms. The highest BCUT2D eigenvalue weighted by molar-refractivity contribution is 9.10. The molecule has 0 fully saturated rings. The standard InChI is InChI=1S/C17H21BrN2O3S/c1-20(2)17(13-7-9-15(23-3)10-8-13)12-19-24(21,22)16-6-4-5-14(18)11-16/h4-11,17,19H,12H2,1-3H3/t17-/m0/s1. The van der Waals surface area contributed by atoms with Crippen LogP contribution >= 0.6 is 15.9 Å². The summed E-state index contributed by atoms with van der Waals surface area (Å²) in [6.45, 7) is 0.272. The van der Waals surface area contributed by atoms with Crippen molar-refractivity contribution in [2.45, 2.75) is 10.9 Å². The van der Waals surface area contributed by atoms with E-state index in [1.54, 1.807) is 31.4 Å². The number of nitrogens with zero attached hydrogens (tertiary/aromatic N) is 1. The maximum absolute atomic E-state index is 12.5. The minimum atomic E-state index is -3.56. The molecular formula is C17H21BrN2O3S. The summed E-state index contributed by atoms with van der Waals surface area (Å²) >= 11 is 3.30. The molecule has 5 nitrogen and oxygen atoms in total. The lowest BCUT2D eigenvalue weighted by Gasteiger charge is -2.25. The van der Waals surface area contributed by atoms with Crippen LogP contribution in [0.3, 0.4) is 0 Å². The molecule has 0 aromatic heterocycles. The predicted molar refractivity (Wildman–Crippen MR) is 98.8 cm³/mol. The topological polar surface area (TPSA) is 58.6 Å². The maximum atomic E-state index is 12.5. The van der Waals surface area contributed by atoms with E-state index in [1.807, 2.05) is 43.3 Å². The van der Waals surface area contributed by atoms with Crippen molar-refractivity contribution in [1.29, 1.82) is 0 Å². The Morgan fingerprint density at radius 3 is 2.38 bits per heavy atom. The molecule has 0 saturated heterocycles. The van der Waals surface area contributed by atoms with Crippen molar-refractivity contribution >= 4 is 26.0 Å². The van der Waals surface area contributed by atoms with Gasteiger partial charge in [0.05, 0.1) is 12.0 Å². The molecule has 0 spiro atoms. The highest BCUT2D eigenvalue weighted by Gasteiger charge is 2.20. The van der Waals surface area contributed by atoms with E-state index < -0.39 is 10.0 Å². The fraction of sp³-hybridized carbons (Fsp3) is 0.294. The van der Waals surface area contributed by atoms with Crippen molar-refractivity contribution < 1.29 is 13.2 Å². The van der Waals surface area contributed by atoms with Gasteiger partial charge in [-0.1, -0.05) is 34.1 Å². The summed E-state index contributed by atoms with van der Waals surface area (Å²) in [4.78, 5) is 2.22. The molecule has 0 unspecified atom stereocenters. The zero-order valence-electron chi connectivity index (χ0n) is 13.9. The van der Waals surface area contributed by atoms with Crippen LogP contribution in [0.15, 0.2) is 57.9 Å². The Morgan fingerprint density at radius 2 is 1.83 bits per heavy atom. The quantitative estimate of drug-likeness (QED) is 0.758. The number of nitrogens with one attached hydrogen (secondary N) is 1. The lowest BCUT2D eigenvalue weighted by atomic mass is 10.1. The van der Waals surface area contributed by atoms with Gasteiger partial charge in [-0.2, -0.15) is 0 Å². The Hall–Kier alpha value is -1.41. The van der Waals surface area contributed by atoms with Crippen molar-refractivity contribution in [2.75, 3.05) is 27.7 Å². The third-order valence-corrected chi connectivity index (χ3v) is 5.61. The number of rotatable bonds is 7. The van der Waals surface area contributed by atoms with E-state index >= 15 is 0 Å². The van der Waals surface area contributed by atoms with Gasteiger partial charge in [-0.25, -0.2) is 13.1 Å². The van der Waals surface area contributed by atoms with Crippen LogP contribution in [0.5, 0.6) is 5.75 Å². The lowest BCUT2D eigenvalue weighted by molar-refractivity contribution is 0.299. The highest BCUT2D eigenvalue weighted by atomic mass is 79.9. The molecule has 2 aromatic carbocycles. The van der Waals surface area contributed by atoms with Crippen molar-refractivity contribution in [2.24, 2.45) is 0 Å². The van der Waals surface area contributed by atoms with Gasteiger partial charge in [0.15, 0.2) is 0 Å². The molecular weight excluding hydrogens is 392 g/mol. The number of hydrogen-bond acceptors (Lipinski definition) is 4. The van der Waals surface area contributed by atoms with E-state index in [2.05, 4.69) is 20.7 Å². The molecule has 1 N–H and O–H groups in total. The number of halogens is 1. The van der Waals surface area contributed by atoms with Crippen molar-refractivity contribution in [3.05, 3.63) is 58.6 Å². The van der Waals surface area contributed by atoms with Gasteiger partial charge in [-0.15, -0.1) is 0 Å². The summed E-state index contributed by atoms with van der Waals surface area (Å²) in [6.07, 6.45) is 0. The van der Waals surface area contributed by atoms with Crippen LogP contribution in [0.2, 0.25) is 0 Å². The Morgan fingerprint density at radius 1 is 1.17 bits per heavy atom. The first-order chi connectivity index (χ1) is 11.3. The van der Waals surface area contributed by atoms with Crippen LogP contribution in [-0.4, -0.2) is 41.1 Å². The Labute approximate surface area is 151 Å². The number of methoxy groups -OCH3 is 1. The van der Waals surface area contributed by atoms with Crippen molar-refractivity contribution in [3.63, 3.8) is 0 Å². The molecule has 2 aromatic rings. The minimum Gasteiger partial charge on any atom is -0.497 e. The zero-order chi connectivity index (χ0) is 17.7. The molecule has 2 rings (SSSR count). The van der Waals surface area contributed by atoms with Crippen LogP contribution in [0, 0.1) is 0 Å². The number of ether oxygens (including phenoxy) is 1. The second-order valence-electron chi connectivity index (χ2n) is 5.56. The highest BCUT2D eigenvalue weighted by Crippen LogP contribution is 2.22. The summed E-state index contributed by atoms with van der Waals surface area (Å²) in [6, 6.07) is 14.2. The van der Waals surface area contributed by atoms with E-state index in [0.717, 1.165) is 15.8 Å². The fourth-order valence-electron chi connectivity index (χ4n) is 2.33. The predicted octanol–water partition coefficient (Wildman–Crippen LogP) is 3.04. The monoisotopic (exact) mass is 412 g/mol. The average molecular weight is 413 g/mol. The molecule has 0 aliphatic rings. The van der Waals surface area contributed by atoms with Crippen LogP contribution in [0.1, 0.15) is 11.6 Å². The van der Waals surface area contributed by atoms with Crippen LogP contribution in [0.25, 0.3) is 0 Å². The SMILES string of the molecule is COc1ccc([C@H](CNS(=O)(=O)c2cccc(Br)c2)N(C)C)cc1. The van der Waals surface area contributed by atoms with Gasteiger partial charge in [-0.3, -0.25) is 0 Å². The third-order valence-electron chi connectivity index (χ3n) is 3.70. The van der Waals surface area contributed by atoms with Crippen LogP contribution < -0.4 is 9.46 Å². The number of hydrogen-bond donors (Lipinski definition) is 1. The van der Waals surface area contributed by atoms with E-state index in [1.165, 1.54) is 0 Å². The molecule has 7 heteroatoms. The zero-order valence-corrected chi connectivity index (χ0v) is 16.3. The smallest absolute Gasteiger partial charge is 0.240 e. The molecule has 0 heterocycles. The van der Waals surface area contributed by atoms with E-state index in [-0.39, 0.29) is 17.5 Å². The second-order valence-corrected chi connectivity index (χ2v) is 8.24. The Kier molecular flexibility index (Phi) is 6.40. The average Bonchev–Trinajstić information content (AvgIpc) is 2.55. The molecule has 130 valence electrons. The van der Waals surface area contributed by atoms with Crippen molar-refractivity contribution in [1.82, 2.24) is 9.62 Å². The van der Waals surface area contributed by atoms with Gasteiger partial charge in [0.1, 0.15) is 5.75 Å². The van der Waals surface area contributed by atoms with Gasteiger partial charge >= 0.3 is 0 Å². The lowest BCUT2D eigenvalue weighted by Crippen LogP contribution is -2.34. The summed E-state index contributed by atoms with van der Waals surface area (Å²) in [7, 11) is 1.89. The van der Waals surface area contributed by atoms with E-state index in [0.29, 0.717) is 0 Å². The third kappa shape index (κ3) is 4.80. The molecule has 0 radical (unpaired) electrons. The van der Waals surface area contributed by atoms with Gasteiger partial charge < -0.3 is 9.64 Å². The van der Waals surface area contributed by atoms with Crippen molar-refractivity contribution in [3.8, 4) is 5.75 Å². The van der Waals surface area contributed by atoms with E-state index in [4.69, 9.17) is 4.74 Å². The summed E-state index contributed by atoms with van der Waals surface area (Å²) < 4.78 is 33.5. The number of sulfonamides is 1. The molecule has 0 saturated carbocycles. The first-order valence-corrected chi connectivity index (χ1v) is 9.66. The largest absolute Gasteiger partial charge is 0.497 e. The van der Waals surface area contributed by atoms with Gasteiger partial charge in [-0.05, 0) is 50.0 Å². The number of benzene rings is 2. The summed E-state index contributed by atoms with van der Waals surface area (Å²) in [5.74, 6) is 0.769. The molecule has 0 bridgehead atoms. The van der Waals surface area contributed by atoms with E-state index in [9.17, 15) is 8.42 Å². The second kappa shape index (κ2) is 8.11. The maximum Gasteiger partial charge on any atom is 0.240 e. The van der Waals surface area contributed by atoms with Gasteiger partial charge in [0.25, 0.3) is 0 Å². The Balaban J connectivity index is 2.16. The molecule has 0 aliphatic heterocycles. The normalized spacial score (nSPS) is 13.0. The first kappa shape index (κ1) is 18.9. The minimum absolute atomic E-state index is 0.0853. The van der Waals surface area contributed by atoms with Gasteiger partial charge in [0.2, 0.25) is 10.0 Å². The van der Waals surface area contributed by atoms with Crippen LogP contribution in [-0.2, 0) is 10.0 Å². The van der Waals surface area contributed by atoms with Gasteiger partial charge in [0, 0.05) is 17.1 Å². The fourth-order valence-corrected chi connectivity index (χ4v) is 3.97. The first-order valence-electron chi connectivity index (χ1n) is 7.39. The molecule has 0 amide bonds. The van der Waals surface area contributed by atoms with Crippen LogP contribution in [0.4, 0.5) is 0 Å². The molecule has 1 atom stereocenters. The molecule has 0 aliphatic carbocycles. The summed E-state index contributed by atoms with van der Waals surface area (Å²) in [5, 5.41) is 0. The summed E-state index contributed by atoms with van der Waals surface area (Å²) in [5.41, 5.74) is 1.01. The number of likely N-dealkylation sites (N-methyl/N-ethyl adjacent to an activating group) is 1. The Bertz CT molecular complexity index is 777.